The van der Waals surface area contributed by atoms with Crippen LogP contribution in [0.1, 0.15) is 37.7 Å². The number of aliphatic hydroxyl groups excluding tert-OH is 1. The second kappa shape index (κ2) is 6.01. The molecule has 0 aromatic heterocycles. The van der Waals surface area contributed by atoms with Crippen molar-refractivity contribution >= 4 is 5.91 Å². The fraction of sp³-hybridized carbons (Fsp3) is 0.533. The van der Waals surface area contributed by atoms with E-state index in [2.05, 4.69) is 5.32 Å². The summed E-state index contributed by atoms with van der Waals surface area (Å²) in [5, 5.41) is 12.7. The average Bonchev–Trinajstić information content (AvgIpc) is 2.81. The maximum Gasteiger partial charge on any atom is 0.227 e. The molecule has 0 spiro atoms. The lowest BCUT2D eigenvalue weighted by Crippen LogP contribution is -2.34. The number of rotatable bonds is 4. The zero-order valence-electron chi connectivity index (χ0n) is 10.8. The Morgan fingerprint density at radius 2 is 2.11 bits per heavy atom. The Bertz CT molecular complexity index is 391. The van der Waals surface area contributed by atoms with Crippen LogP contribution in [-0.4, -0.2) is 23.7 Å². The number of nitrogens with one attached hydrogen (secondary N) is 1. The van der Waals surface area contributed by atoms with Gasteiger partial charge in [0, 0.05) is 12.5 Å². The third kappa shape index (κ3) is 3.10. The van der Waals surface area contributed by atoms with Crippen molar-refractivity contribution in [1.82, 2.24) is 5.32 Å². The van der Waals surface area contributed by atoms with Gasteiger partial charge in [0.25, 0.3) is 0 Å². The number of carbonyl (C=O) groups is 1. The van der Waals surface area contributed by atoms with Crippen molar-refractivity contribution in [3.63, 3.8) is 0 Å². The van der Waals surface area contributed by atoms with Gasteiger partial charge in [0.15, 0.2) is 0 Å². The zero-order valence-corrected chi connectivity index (χ0v) is 10.8. The molecule has 0 radical (unpaired) electrons. The fourth-order valence-electron chi connectivity index (χ4n) is 2.53. The molecule has 1 aliphatic rings. The molecule has 0 bridgehead atoms. The summed E-state index contributed by atoms with van der Waals surface area (Å²) in [5.41, 5.74) is 1.03. The first kappa shape index (κ1) is 13.1. The van der Waals surface area contributed by atoms with E-state index in [0.29, 0.717) is 6.54 Å². The van der Waals surface area contributed by atoms with Crippen molar-refractivity contribution in [3.8, 4) is 0 Å². The van der Waals surface area contributed by atoms with E-state index in [-0.39, 0.29) is 23.8 Å². The Balaban J connectivity index is 1.84. The van der Waals surface area contributed by atoms with Crippen LogP contribution in [0.3, 0.4) is 0 Å². The highest BCUT2D eigenvalue weighted by atomic mass is 16.3. The van der Waals surface area contributed by atoms with Crippen LogP contribution in [0.25, 0.3) is 0 Å². The summed E-state index contributed by atoms with van der Waals surface area (Å²) in [6.45, 7) is 2.51. The SMILES string of the molecule is C[C@H](C(=O)NC[C@H]1CCC[C@@H]1O)c1ccccc1. The molecule has 1 amide bonds. The summed E-state index contributed by atoms with van der Waals surface area (Å²) in [5.74, 6) is 0.141. The molecule has 0 unspecified atom stereocenters. The van der Waals surface area contributed by atoms with E-state index in [1.807, 2.05) is 37.3 Å². The van der Waals surface area contributed by atoms with Crippen molar-refractivity contribution in [2.45, 2.75) is 38.2 Å². The van der Waals surface area contributed by atoms with Gasteiger partial charge in [0.05, 0.1) is 12.0 Å². The lowest BCUT2D eigenvalue weighted by atomic mass is 10.00. The molecule has 0 heterocycles. The lowest BCUT2D eigenvalue weighted by Gasteiger charge is -2.17. The minimum Gasteiger partial charge on any atom is -0.393 e. The summed E-state index contributed by atoms with van der Waals surface area (Å²) in [7, 11) is 0. The summed E-state index contributed by atoms with van der Waals surface area (Å²) in [6.07, 6.45) is 2.71. The van der Waals surface area contributed by atoms with Gasteiger partial charge in [0.2, 0.25) is 5.91 Å². The average molecular weight is 247 g/mol. The van der Waals surface area contributed by atoms with Crippen LogP contribution in [0, 0.1) is 5.92 Å². The van der Waals surface area contributed by atoms with Crippen molar-refractivity contribution < 1.29 is 9.90 Å². The second-order valence-corrected chi connectivity index (χ2v) is 5.14. The van der Waals surface area contributed by atoms with Crippen LogP contribution in [0.15, 0.2) is 30.3 Å². The quantitative estimate of drug-likeness (QED) is 0.855. The summed E-state index contributed by atoms with van der Waals surface area (Å²) in [6, 6.07) is 9.77. The van der Waals surface area contributed by atoms with Crippen LogP contribution in [0.4, 0.5) is 0 Å². The van der Waals surface area contributed by atoms with E-state index in [0.717, 1.165) is 24.8 Å². The second-order valence-electron chi connectivity index (χ2n) is 5.14. The largest absolute Gasteiger partial charge is 0.393 e. The molecule has 1 fully saturated rings. The Kier molecular flexibility index (Phi) is 4.37. The van der Waals surface area contributed by atoms with Gasteiger partial charge in [-0.1, -0.05) is 36.8 Å². The minimum absolute atomic E-state index is 0.0419. The van der Waals surface area contributed by atoms with Gasteiger partial charge in [0.1, 0.15) is 0 Å². The Morgan fingerprint density at radius 1 is 1.39 bits per heavy atom. The van der Waals surface area contributed by atoms with E-state index in [1.165, 1.54) is 0 Å². The smallest absolute Gasteiger partial charge is 0.227 e. The molecule has 98 valence electrons. The van der Waals surface area contributed by atoms with Gasteiger partial charge in [-0.25, -0.2) is 0 Å². The maximum atomic E-state index is 12.0. The molecule has 2 N–H and O–H groups in total. The summed E-state index contributed by atoms with van der Waals surface area (Å²) < 4.78 is 0. The van der Waals surface area contributed by atoms with Gasteiger partial charge in [-0.3, -0.25) is 4.79 Å². The van der Waals surface area contributed by atoms with Gasteiger partial charge in [-0.15, -0.1) is 0 Å². The first-order valence-electron chi connectivity index (χ1n) is 6.69. The van der Waals surface area contributed by atoms with Crippen molar-refractivity contribution in [1.29, 1.82) is 0 Å². The van der Waals surface area contributed by atoms with Crippen LogP contribution in [0.2, 0.25) is 0 Å². The Labute approximate surface area is 108 Å². The highest BCUT2D eigenvalue weighted by Crippen LogP contribution is 2.25. The standard InChI is InChI=1S/C15H21NO2/c1-11(12-6-3-2-4-7-12)15(18)16-10-13-8-5-9-14(13)17/h2-4,6-7,11,13-14,17H,5,8-10H2,1H3,(H,16,18)/t11-,13+,14-/m0/s1. The number of carbonyl (C=O) groups excluding carboxylic acids is 1. The molecular formula is C15H21NO2. The zero-order chi connectivity index (χ0) is 13.0. The number of amides is 1. The predicted molar refractivity (Wildman–Crippen MR) is 71.2 cm³/mol. The molecule has 3 atom stereocenters. The van der Waals surface area contributed by atoms with Gasteiger partial charge >= 0.3 is 0 Å². The number of hydrogen-bond acceptors (Lipinski definition) is 2. The van der Waals surface area contributed by atoms with Crippen LogP contribution in [0.5, 0.6) is 0 Å². The van der Waals surface area contributed by atoms with Gasteiger partial charge in [-0.05, 0) is 25.3 Å². The predicted octanol–water partition coefficient (Wildman–Crippen LogP) is 2.07. The van der Waals surface area contributed by atoms with E-state index in [9.17, 15) is 9.90 Å². The van der Waals surface area contributed by atoms with Crippen LogP contribution >= 0.6 is 0 Å². The molecule has 1 aliphatic carbocycles. The van der Waals surface area contributed by atoms with E-state index >= 15 is 0 Å². The van der Waals surface area contributed by atoms with Crippen molar-refractivity contribution in [3.05, 3.63) is 35.9 Å². The molecule has 1 aromatic carbocycles. The van der Waals surface area contributed by atoms with E-state index in [1.54, 1.807) is 0 Å². The number of hydrogen-bond donors (Lipinski definition) is 2. The molecular weight excluding hydrogens is 226 g/mol. The minimum atomic E-state index is -0.239. The first-order chi connectivity index (χ1) is 8.68. The third-order valence-electron chi connectivity index (χ3n) is 3.85. The first-order valence-corrected chi connectivity index (χ1v) is 6.69. The Hall–Kier alpha value is -1.35. The molecule has 1 saturated carbocycles. The third-order valence-corrected chi connectivity index (χ3v) is 3.85. The highest BCUT2D eigenvalue weighted by molar-refractivity contribution is 5.83. The topological polar surface area (TPSA) is 49.3 Å². The van der Waals surface area contributed by atoms with E-state index in [4.69, 9.17) is 0 Å². The van der Waals surface area contributed by atoms with Crippen LogP contribution in [-0.2, 0) is 4.79 Å². The van der Waals surface area contributed by atoms with Crippen LogP contribution < -0.4 is 5.32 Å². The van der Waals surface area contributed by atoms with Crippen molar-refractivity contribution in [2.75, 3.05) is 6.54 Å². The number of aliphatic hydroxyl groups is 1. The molecule has 2 rings (SSSR count). The highest BCUT2D eigenvalue weighted by Gasteiger charge is 2.26. The number of benzene rings is 1. The van der Waals surface area contributed by atoms with Crippen molar-refractivity contribution in [2.24, 2.45) is 5.92 Å². The molecule has 18 heavy (non-hydrogen) atoms. The van der Waals surface area contributed by atoms with E-state index < -0.39 is 0 Å². The van der Waals surface area contributed by atoms with Gasteiger partial charge < -0.3 is 10.4 Å². The van der Waals surface area contributed by atoms with Gasteiger partial charge in [-0.2, -0.15) is 0 Å². The fourth-order valence-corrected chi connectivity index (χ4v) is 2.53. The lowest BCUT2D eigenvalue weighted by molar-refractivity contribution is -0.122. The normalized spacial score (nSPS) is 24.8. The molecule has 3 heteroatoms. The maximum absolute atomic E-state index is 12.0. The molecule has 0 aliphatic heterocycles. The summed E-state index contributed by atoms with van der Waals surface area (Å²) in [4.78, 5) is 12.0. The molecule has 1 aromatic rings. The molecule has 0 saturated heterocycles. The monoisotopic (exact) mass is 247 g/mol. The Morgan fingerprint density at radius 3 is 2.72 bits per heavy atom. The molecule has 3 nitrogen and oxygen atoms in total. The summed E-state index contributed by atoms with van der Waals surface area (Å²) >= 11 is 0.